The molecule has 2 aromatic rings. The summed E-state index contributed by atoms with van der Waals surface area (Å²) in [6.45, 7) is 4.29. The normalized spacial score (nSPS) is 10.8. The highest BCUT2D eigenvalue weighted by Gasteiger charge is 2.15. The number of hydrogen-bond donors (Lipinski definition) is 0. The summed E-state index contributed by atoms with van der Waals surface area (Å²) in [5, 5.41) is 3.90. The third-order valence-electron chi connectivity index (χ3n) is 3.50. The summed E-state index contributed by atoms with van der Waals surface area (Å²) in [5.74, 6) is 1.76. The van der Waals surface area contributed by atoms with E-state index in [0.29, 0.717) is 19.4 Å². The molecule has 0 atom stereocenters. The van der Waals surface area contributed by atoms with Crippen LogP contribution in [0.4, 0.5) is 0 Å². The molecule has 20 heavy (non-hydrogen) atoms. The van der Waals surface area contributed by atoms with Crippen LogP contribution in [0.2, 0.25) is 0 Å². The number of amides is 1. The Balaban J connectivity index is 1.90. The largest absolute Gasteiger partial charge is 0.361 e. The van der Waals surface area contributed by atoms with Crippen molar-refractivity contribution < 1.29 is 9.32 Å². The first-order valence-corrected chi connectivity index (χ1v) is 6.61. The monoisotopic (exact) mass is 276 g/mol. The number of rotatable bonds is 5. The van der Waals surface area contributed by atoms with Crippen LogP contribution in [0.1, 0.15) is 29.3 Å². The van der Waals surface area contributed by atoms with E-state index < -0.39 is 0 Å². The summed E-state index contributed by atoms with van der Waals surface area (Å²) in [7, 11) is 3.72. The molecule has 2 rings (SSSR count). The van der Waals surface area contributed by atoms with Gasteiger partial charge in [-0.3, -0.25) is 4.79 Å². The molecule has 108 valence electrons. The molecule has 6 nitrogen and oxygen atoms in total. The molecule has 0 saturated carbocycles. The zero-order chi connectivity index (χ0) is 14.7. The second-order valence-electron chi connectivity index (χ2n) is 5.01. The van der Waals surface area contributed by atoms with E-state index in [1.807, 2.05) is 31.7 Å². The van der Waals surface area contributed by atoms with Gasteiger partial charge in [-0.1, -0.05) is 5.16 Å². The maximum absolute atomic E-state index is 12.1. The van der Waals surface area contributed by atoms with E-state index in [1.165, 1.54) is 0 Å². The van der Waals surface area contributed by atoms with Gasteiger partial charge in [0, 0.05) is 38.5 Å². The lowest BCUT2D eigenvalue weighted by molar-refractivity contribution is -0.130. The minimum atomic E-state index is 0.0907. The van der Waals surface area contributed by atoms with E-state index in [-0.39, 0.29) is 5.91 Å². The zero-order valence-corrected chi connectivity index (χ0v) is 12.4. The number of aromatic nitrogens is 3. The Hall–Kier alpha value is -2.11. The standard InChI is InChI=1S/C14H20N4O2/c1-10-12(11(2)20-16-10)5-6-14(19)18(4)9-13-15-7-8-17(13)3/h7-8H,5-6,9H2,1-4H3. The third kappa shape index (κ3) is 3.07. The van der Waals surface area contributed by atoms with Crippen molar-refractivity contribution >= 4 is 5.91 Å². The quantitative estimate of drug-likeness (QED) is 0.832. The van der Waals surface area contributed by atoms with Crippen molar-refractivity contribution in [1.29, 1.82) is 0 Å². The summed E-state index contributed by atoms with van der Waals surface area (Å²) in [5.41, 5.74) is 1.89. The molecule has 0 aromatic carbocycles. The number of aryl methyl sites for hydroxylation is 3. The molecular weight excluding hydrogens is 256 g/mol. The summed E-state index contributed by atoms with van der Waals surface area (Å²) >= 11 is 0. The van der Waals surface area contributed by atoms with Crippen LogP contribution >= 0.6 is 0 Å². The molecule has 0 fully saturated rings. The molecule has 0 radical (unpaired) electrons. The van der Waals surface area contributed by atoms with Crippen LogP contribution < -0.4 is 0 Å². The maximum Gasteiger partial charge on any atom is 0.223 e. The van der Waals surface area contributed by atoms with Gasteiger partial charge in [-0.05, 0) is 20.3 Å². The van der Waals surface area contributed by atoms with Gasteiger partial charge < -0.3 is 14.0 Å². The number of carbonyl (C=O) groups is 1. The summed E-state index contributed by atoms with van der Waals surface area (Å²) < 4.78 is 7.02. The first-order chi connectivity index (χ1) is 9.49. The molecule has 0 bridgehead atoms. The van der Waals surface area contributed by atoms with Gasteiger partial charge in [0.05, 0.1) is 12.2 Å². The predicted molar refractivity (Wildman–Crippen MR) is 74.0 cm³/mol. The van der Waals surface area contributed by atoms with Crippen molar-refractivity contribution in [2.75, 3.05) is 7.05 Å². The fourth-order valence-corrected chi connectivity index (χ4v) is 2.13. The first kappa shape index (κ1) is 14.3. The molecule has 0 unspecified atom stereocenters. The molecule has 1 amide bonds. The van der Waals surface area contributed by atoms with Crippen molar-refractivity contribution in [3.8, 4) is 0 Å². The molecule has 0 aliphatic rings. The van der Waals surface area contributed by atoms with Gasteiger partial charge in [-0.2, -0.15) is 0 Å². The van der Waals surface area contributed by atoms with Crippen molar-refractivity contribution in [3.63, 3.8) is 0 Å². The predicted octanol–water partition coefficient (Wildman–Crippen LogP) is 1.62. The Morgan fingerprint density at radius 2 is 2.20 bits per heavy atom. The lowest BCUT2D eigenvalue weighted by atomic mass is 10.1. The van der Waals surface area contributed by atoms with Crippen LogP contribution in [-0.2, 0) is 24.8 Å². The summed E-state index contributed by atoms with van der Waals surface area (Å²) in [4.78, 5) is 18.1. The van der Waals surface area contributed by atoms with Crippen LogP contribution in [0.15, 0.2) is 16.9 Å². The molecule has 2 heterocycles. The van der Waals surface area contributed by atoms with Gasteiger partial charge >= 0.3 is 0 Å². The van der Waals surface area contributed by atoms with Gasteiger partial charge in [0.1, 0.15) is 11.6 Å². The molecule has 0 aliphatic heterocycles. The molecule has 0 spiro atoms. The summed E-state index contributed by atoms with van der Waals surface area (Å²) in [6, 6.07) is 0. The van der Waals surface area contributed by atoms with Crippen LogP contribution in [0.25, 0.3) is 0 Å². The second-order valence-corrected chi connectivity index (χ2v) is 5.01. The van der Waals surface area contributed by atoms with Gasteiger partial charge in [-0.15, -0.1) is 0 Å². The van der Waals surface area contributed by atoms with E-state index in [1.54, 1.807) is 18.1 Å². The van der Waals surface area contributed by atoms with Gasteiger partial charge in [0.2, 0.25) is 5.91 Å². The third-order valence-corrected chi connectivity index (χ3v) is 3.50. The molecule has 2 aromatic heterocycles. The van der Waals surface area contributed by atoms with Gasteiger partial charge in [-0.25, -0.2) is 4.98 Å². The topological polar surface area (TPSA) is 64.2 Å². The Morgan fingerprint density at radius 3 is 2.75 bits per heavy atom. The minimum Gasteiger partial charge on any atom is -0.361 e. The maximum atomic E-state index is 12.1. The molecular formula is C14H20N4O2. The van der Waals surface area contributed by atoms with E-state index in [0.717, 1.165) is 22.8 Å². The highest BCUT2D eigenvalue weighted by molar-refractivity contribution is 5.76. The number of carbonyl (C=O) groups excluding carboxylic acids is 1. The van der Waals surface area contributed by atoms with Crippen LogP contribution in [-0.4, -0.2) is 32.6 Å². The second kappa shape index (κ2) is 5.90. The number of imidazole rings is 1. The van der Waals surface area contributed by atoms with Gasteiger partial charge in [0.25, 0.3) is 0 Å². The Morgan fingerprint density at radius 1 is 1.45 bits per heavy atom. The van der Waals surface area contributed by atoms with Gasteiger partial charge in [0.15, 0.2) is 0 Å². The van der Waals surface area contributed by atoms with E-state index >= 15 is 0 Å². The Kier molecular flexibility index (Phi) is 4.22. The SMILES string of the molecule is Cc1noc(C)c1CCC(=O)N(C)Cc1nccn1C. The summed E-state index contributed by atoms with van der Waals surface area (Å²) in [6.07, 6.45) is 4.71. The molecule has 6 heteroatoms. The van der Waals surface area contributed by atoms with E-state index in [4.69, 9.17) is 4.52 Å². The minimum absolute atomic E-state index is 0.0907. The highest BCUT2D eigenvalue weighted by atomic mass is 16.5. The average molecular weight is 276 g/mol. The number of nitrogens with zero attached hydrogens (tertiary/aromatic N) is 4. The average Bonchev–Trinajstić information content (AvgIpc) is 2.95. The Bertz CT molecular complexity index is 581. The van der Waals surface area contributed by atoms with Crippen LogP contribution in [0.5, 0.6) is 0 Å². The Labute approximate surface area is 118 Å². The first-order valence-electron chi connectivity index (χ1n) is 6.61. The van der Waals surface area contributed by atoms with Crippen molar-refractivity contribution in [2.45, 2.75) is 33.2 Å². The number of hydrogen-bond acceptors (Lipinski definition) is 4. The zero-order valence-electron chi connectivity index (χ0n) is 12.4. The lowest BCUT2D eigenvalue weighted by Gasteiger charge is -2.16. The van der Waals surface area contributed by atoms with Crippen molar-refractivity contribution in [2.24, 2.45) is 7.05 Å². The molecule has 0 aliphatic carbocycles. The highest BCUT2D eigenvalue weighted by Crippen LogP contribution is 2.15. The smallest absolute Gasteiger partial charge is 0.223 e. The van der Waals surface area contributed by atoms with Crippen LogP contribution in [0.3, 0.4) is 0 Å². The fourth-order valence-electron chi connectivity index (χ4n) is 2.13. The van der Waals surface area contributed by atoms with E-state index in [9.17, 15) is 4.79 Å². The molecule has 0 N–H and O–H groups in total. The fraction of sp³-hybridized carbons (Fsp3) is 0.500. The van der Waals surface area contributed by atoms with Crippen LogP contribution in [0, 0.1) is 13.8 Å². The lowest BCUT2D eigenvalue weighted by Crippen LogP contribution is -2.27. The van der Waals surface area contributed by atoms with Crippen molar-refractivity contribution in [3.05, 3.63) is 35.2 Å². The van der Waals surface area contributed by atoms with Crippen molar-refractivity contribution in [1.82, 2.24) is 19.6 Å². The van der Waals surface area contributed by atoms with E-state index in [2.05, 4.69) is 10.1 Å². The molecule has 0 saturated heterocycles.